The molecule has 1 heterocycles. The van der Waals surface area contributed by atoms with Crippen molar-refractivity contribution in [3.05, 3.63) is 34.9 Å². The molecule has 0 amide bonds. The molecule has 1 aromatic rings. The van der Waals surface area contributed by atoms with E-state index in [1.807, 2.05) is 0 Å². The molecule has 2 aliphatic rings. The van der Waals surface area contributed by atoms with Crippen LogP contribution < -0.4 is 0 Å². The van der Waals surface area contributed by atoms with Crippen molar-refractivity contribution in [1.29, 1.82) is 0 Å². The van der Waals surface area contributed by atoms with Gasteiger partial charge >= 0.3 is 0 Å². The Balaban J connectivity index is 1.76. The minimum Gasteiger partial charge on any atom is -0.389 e. The van der Waals surface area contributed by atoms with Gasteiger partial charge in [-0.15, -0.1) is 0 Å². The minimum absolute atomic E-state index is 0.163. The van der Waals surface area contributed by atoms with Crippen molar-refractivity contribution in [1.82, 2.24) is 0 Å². The third kappa shape index (κ3) is 2.77. The molecule has 0 saturated carbocycles. The highest BCUT2D eigenvalue weighted by Crippen LogP contribution is 2.37. The number of ether oxygens (including phenoxy) is 1. The van der Waals surface area contributed by atoms with Crippen LogP contribution in [0.4, 0.5) is 0 Å². The Hall–Kier alpha value is -0.860. The van der Waals surface area contributed by atoms with E-state index in [9.17, 15) is 5.11 Å². The minimum atomic E-state index is -0.601. The molecule has 1 N–H and O–H groups in total. The lowest BCUT2D eigenvalue weighted by molar-refractivity contribution is -0.152. The Morgan fingerprint density at radius 2 is 2.05 bits per heavy atom. The molecular formula is C18H26O2. The van der Waals surface area contributed by atoms with Gasteiger partial charge in [0.15, 0.2) is 0 Å². The summed E-state index contributed by atoms with van der Waals surface area (Å²) in [7, 11) is 0. The Bertz CT molecular complexity index is 496. The van der Waals surface area contributed by atoms with E-state index < -0.39 is 5.60 Å². The molecule has 0 radical (unpaired) electrons. The molecule has 3 rings (SSSR count). The molecule has 0 bridgehead atoms. The van der Waals surface area contributed by atoms with Gasteiger partial charge in [0.25, 0.3) is 0 Å². The topological polar surface area (TPSA) is 29.5 Å². The summed E-state index contributed by atoms with van der Waals surface area (Å²) in [6, 6.07) is 6.79. The summed E-state index contributed by atoms with van der Waals surface area (Å²) in [5, 5.41) is 11.0. The maximum absolute atomic E-state index is 11.0. The van der Waals surface area contributed by atoms with Crippen LogP contribution in [0.15, 0.2) is 18.2 Å². The van der Waals surface area contributed by atoms with Gasteiger partial charge in [0.1, 0.15) is 0 Å². The van der Waals surface area contributed by atoms with Gasteiger partial charge < -0.3 is 9.84 Å². The van der Waals surface area contributed by atoms with E-state index in [1.165, 1.54) is 36.0 Å². The standard InChI is InChI=1S/C18H26O2/c1-3-17(2)13-18(19,9-10-20-17)12-14-7-8-15-5-4-6-16(15)11-14/h7-8,11,19H,3-6,9-10,12-13H2,1-2H3. The second-order valence-corrected chi connectivity index (χ2v) is 6.94. The van der Waals surface area contributed by atoms with Crippen LogP contribution in [0.5, 0.6) is 0 Å². The lowest BCUT2D eigenvalue weighted by atomic mass is 9.78. The predicted molar refractivity (Wildman–Crippen MR) is 81.0 cm³/mol. The lowest BCUT2D eigenvalue weighted by Gasteiger charge is -2.43. The first-order valence-electron chi connectivity index (χ1n) is 7.99. The molecule has 20 heavy (non-hydrogen) atoms. The van der Waals surface area contributed by atoms with E-state index in [4.69, 9.17) is 4.74 Å². The number of fused-ring (bicyclic) bond motifs is 1. The molecule has 2 atom stereocenters. The Kier molecular flexibility index (Phi) is 3.64. The zero-order valence-corrected chi connectivity index (χ0v) is 12.7. The molecule has 1 fully saturated rings. The highest BCUT2D eigenvalue weighted by Gasteiger charge is 2.41. The number of benzene rings is 1. The molecule has 1 aliphatic carbocycles. The Morgan fingerprint density at radius 1 is 1.25 bits per heavy atom. The number of rotatable bonds is 3. The van der Waals surface area contributed by atoms with Crippen LogP contribution in [0.2, 0.25) is 0 Å². The van der Waals surface area contributed by atoms with Crippen molar-refractivity contribution in [2.45, 2.75) is 70.0 Å². The number of hydrogen-bond donors (Lipinski definition) is 1. The molecule has 2 heteroatoms. The highest BCUT2D eigenvalue weighted by molar-refractivity contribution is 5.36. The summed E-state index contributed by atoms with van der Waals surface area (Å²) in [4.78, 5) is 0. The van der Waals surface area contributed by atoms with Crippen LogP contribution in [0.25, 0.3) is 0 Å². The maximum Gasteiger partial charge on any atom is 0.0737 e. The van der Waals surface area contributed by atoms with Crippen molar-refractivity contribution in [3.8, 4) is 0 Å². The monoisotopic (exact) mass is 274 g/mol. The van der Waals surface area contributed by atoms with Gasteiger partial charge in [0.05, 0.1) is 17.8 Å². The van der Waals surface area contributed by atoms with Crippen LogP contribution in [0.1, 0.15) is 56.2 Å². The average Bonchev–Trinajstić information content (AvgIpc) is 2.85. The summed E-state index contributed by atoms with van der Waals surface area (Å²) in [5.74, 6) is 0. The van der Waals surface area contributed by atoms with Gasteiger partial charge in [-0.25, -0.2) is 0 Å². The van der Waals surface area contributed by atoms with Gasteiger partial charge in [-0.05, 0) is 55.7 Å². The van der Waals surface area contributed by atoms with E-state index in [0.717, 1.165) is 25.7 Å². The molecule has 2 unspecified atom stereocenters. The first-order chi connectivity index (χ1) is 9.52. The fourth-order valence-corrected chi connectivity index (χ4v) is 3.82. The zero-order chi connectivity index (χ0) is 14.2. The van der Waals surface area contributed by atoms with Crippen molar-refractivity contribution in [2.24, 2.45) is 0 Å². The third-order valence-electron chi connectivity index (χ3n) is 5.16. The highest BCUT2D eigenvalue weighted by atomic mass is 16.5. The maximum atomic E-state index is 11.0. The molecule has 1 aromatic carbocycles. The SMILES string of the molecule is CCC1(C)CC(O)(Cc2ccc3c(c2)CCC3)CCO1. The second kappa shape index (κ2) is 5.16. The molecule has 0 aromatic heterocycles. The normalized spacial score (nSPS) is 33.1. The van der Waals surface area contributed by atoms with E-state index in [2.05, 4.69) is 32.0 Å². The van der Waals surface area contributed by atoms with Crippen LogP contribution in [0.3, 0.4) is 0 Å². The predicted octanol–water partition coefficient (Wildman–Crippen LogP) is 3.43. The van der Waals surface area contributed by atoms with Gasteiger partial charge in [-0.2, -0.15) is 0 Å². The smallest absolute Gasteiger partial charge is 0.0737 e. The van der Waals surface area contributed by atoms with E-state index in [-0.39, 0.29) is 5.60 Å². The van der Waals surface area contributed by atoms with E-state index >= 15 is 0 Å². The van der Waals surface area contributed by atoms with E-state index in [1.54, 1.807) is 0 Å². The molecule has 0 spiro atoms. The second-order valence-electron chi connectivity index (χ2n) is 6.94. The summed E-state index contributed by atoms with van der Waals surface area (Å²) < 4.78 is 5.86. The third-order valence-corrected chi connectivity index (χ3v) is 5.16. The van der Waals surface area contributed by atoms with Crippen LogP contribution in [-0.2, 0) is 24.0 Å². The summed E-state index contributed by atoms with van der Waals surface area (Å²) in [6.07, 6.45) is 6.93. The largest absolute Gasteiger partial charge is 0.389 e. The molecular weight excluding hydrogens is 248 g/mol. The Labute approximate surface area is 122 Å². The van der Waals surface area contributed by atoms with Crippen molar-refractivity contribution in [3.63, 3.8) is 0 Å². The summed E-state index contributed by atoms with van der Waals surface area (Å²) in [6.45, 7) is 4.94. The Morgan fingerprint density at radius 3 is 2.85 bits per heavy atom. The van der Waals surface area contributed by atoms with E-state index in [0.29, 0.717) is 6.61 Å². The van der Waals surface area contributed by atoms with Crippen LogP contribution in [-0.4, -0.2) is 22.9 Å². The lowest BCUT2D eigenvalue weighted by Crippen LogP contribution is -2.48. The molecule has 2 nitrogen and oxygen atoms in total. The summed E-state index contributed by atoms with van der Waals surface area (Å²) in [5.41, 5.74) is 3.52. The van der Waals surface area contributed by atoms with Crippen LogP contribution >= 0.6 is 0 Å². The summed E-state index contributed by atoms with van der Waals surface area (Å²) >= 11 is 0. The molecule has 1 saturated heterocycles. The van der Waals surface area contributed by atoms with Gasteiger partial charge in [0, 0.05) is 12.8 Å². The van der Waals surface area contributed by atoms with Crippen molar-refractivity contribution in [2.75, 3.05) is 6.61 Å². The van der Waals surface area contributed by atoms with Gasteiger partial charge in [0.2, 0.25) is 0 Å². The quantitative estimate of drug-likeness (QED) is 0.915. The van der Waals surface area contributed by atoms with Crippen molar-refractivity contribution < 1.29 is 9.84 Å². The first kappa shape index (κ1) is 14.1. The van der Waals surface area contributed by atoms with Gasteiger partial charge in [-0.1, -0.05) is 25.1 Å². The zero-order valence-electron chi connectivity index (χ0n) is 12.7. The molecule has 1 aliphatic heterocycles. The fourth-order valence-electron chi connectivity index (χ4n) is 3.82. The first-order valence-corrected chi connectivity index (χ1v) is 7.99. The fraction of sp³-hybridized carbons (Fsp3) is 0.667. The van der Waals surface area contributed by atoms with Crippen molar-refractivity contribution >= 4 is 0 Å². The average molecular weight is 274 g/mol. The number of hydrogen-bond acceptors (Lipinski definition) is 2. The number of aliphatic hydroxyl groups is 1. The van der Waals surface area contributed by atoms with Crippen LogP contribution in [0, 0.1) is 0 Å². The molecule has 110 valence electrons. The number of aryl methyl sites for hydroxylation is 2. The van der Waals surface area contributed by atoms with Gasteiger partial charge in [-0.3, -0.25) is 0 Å².